The van der Waals surface area contributed by atoms with Crippen molar-refractivity contribution in [2.45, 2.75) is 56.5 Å². The summed E-state index contributed by atoms with van der Waals surface area (Å²) in [6, 6.07) is -5.85. The maximum absolute atomic E-state index is 12.6. The summed E-state index contributed by atoms with van der Waals surface area (Å²) in [7, 11) is 0. The molecule has 0 bridgehead atoms. The molecule has 0 aliphatic rings. The Bertz CT molecular complexity index is 862. The fraction of sp³-hybridized carbons (Fsp3) is 0.632. The van der Waals surface area contributed by atoms with Crippen LogP contribution in [0.3, 0.4) is 0 Å². The number of carboxylic acid groups (broad SMARTS) is 1. The van der Waals surface area contributed by atoms with Crippen molar-refractivity contribution in [3.63, 3.8) is 0 Å². The van der Waals surface area contributed by atoms with Gasteiger partial charge in [-0.15, -0.1) is 0 Å². The molecule has 0 aromatic rings. The average Bonchev–Trinajstić information content (AvgIpc) is 2.80. The second-order valence-electron chi connectivity index (χ2n) is 7.87. The smallest absolute Gasteiger partial charge is 0.326 e. The molecule has 0 spiro atoms. The molecule has 0 aliphatic heterocycles. The highest BCUT2D eigenvalue weighted by molar-refractivity contribution is 5.95. The van der Waals surface area contributed by atoms with Gasteiger partial charge in [0.15, 0.2) is 5.96 Å². The van der Waals surface area contributed by atoms with E-state index in [-0.39, 0.29) is 25.3 Å². The molecular weight excluding hydrogens is 498 g/mol. The van der Waals surface area contributed by atoms with Crippen molar-refractivity contribution in [2.24, 2.45) is 27.9 Å². The van der Waals surface area contributed by atoms with Crippen LogP contribution in [0.1, 0.15) is 26.2 Å². The molecule has 5 atom stereocenters. The molecule has 15 N–H and O–H groups in total. The molecule has 0 radical (unpaired) electrons. The second kappa shape index (κ2) is 16.6. The molecule has 0 aliphatic carbocycles. The first-order chi connectivity index (χ1) is 17.2. The van der Waals surface area contributed by atoms with Crippen LogP contribution in [-0.2, 0) is 28.8 Å². The van der Waals surface area contributed by atoms with Crippen LogP contribution in [0.4, 0.5) is 0 Å². The number of nitrogens with two attached hydrogens (primary N) is 4. The number of rotatable bonds is 17. The minimum absolute atomic E-state index is 0.0719. The maximum atomic E-state index is 12.6. The van der Waals surface area contributed by atoms with E-state index in [0.717, 1.165) is 0 Å². The van der Waals surface area contributed by atoms with Gasteiger partial charge in [-0.3, -0.25) is 29.0 Å². The van der Waals surface area contributed by atoms with Crippen LogP contribution < -0.4 is 44.2 Å². The van der Waals surface area contributed by atoms with Gasteiger partial charge in [-0.05, 0) is 19.8 Å². The molecule has 18 nitrogen and oxygen atoms in total. The van der Waals surface area contributed by atoms with Crippen LogP contribution >= 0.6 is 0 Å². The molecule has 0 rings (SSSR count). The number of hydrogen-bond acceptors (Lipinski definition) is 10. The quantitative estimate of drug-likeness (QED) is 0.0472. The highest BCUT2D eigenvalue weighted by atomic mass is 16.4. The lowest BCUT2D eigenvalue weighted by Crippen LogP contribution is -2.58. The summed E-state index contributed by atoms with van der Waals surface area (Å²) >= 11 is 0. The van der Waals surface area contributed by atoms with E-state index < -0.39 is 85.3 Å². The largest absolute Gasteiger partial charge is 0.480 e. The number of amides is 5. The Balaban J connectivity index is 5.15. The zero-order valence-electron chi connectivity index (χ0n) is 20.2. The third kappa shape index (κ3) is 13.6. The number of hydrogen-bond donors (Lipinski definition) is 11. The van der Waals surface area contributed by atoms with Gasteiger partial charge in [0.05, 0.1) is 25.7 Å². The molecule has 210 valence electrons. The predicted molar refractivity (Wildman–Crippen MR) is 127 cm³/mol. The van der Waals surface area contributed by atoms with E-state index >= 15 is 0 Å². The van der Waals surface area contributed by atoms with Gasteiger partial charge >= 0.3 is 5.97 Å². The molecule has 18 heteroatoms. The summed E-state index contributed by atoms with van der Waals surface area (Å²) in [5.41, 5.74) is 20.8. The average molecular weight is 534 g/mol. The molecule has 0 aromatic heterocycles. The number of carbonyl (C=O) groups is 6. The highest BCUT2D eigenvalue weighted by Gasteiger charge is 2.30. The van der Waals surface area contributed by atoms with Crippen LogP contribution in [0.15, 0.2) is 4.99 Å². The number of aliphatic imine (C=N–C) groups is 1. The third-order valence-corrected chi connectivity index (χ3v) is 4.64. The lowest BCUT2D eigenvalue weighted by Gasteiger charge is -2.23. The van der Waals surface area contributed by atoms with Gasteiger partial charge in [0, 0.05) is 6.54 Å². The summed E-state index contributed by atoms with van der Waals surface area (Å²) in [6.07, 6.45) is -1.97. The van der Waals surface area contributed by atoms with E-state index in [9.17, 15) is 39.0 Å². The van der Waals surface area contributed by atoms with E-state index in [0.29, 0.717) is 0 Å². The molecule has 0 aromatic carbocycles. The first-order valence-corrected chi connectivity index (χ1v) is 11.0. The Hall–Kier alpha value is -4.03. The first-order valence-electron chi connectivity index (χ1n) is 11.0. The number of aliphatic hydroxyl groups excluding tert-OH is 2. The maximum Gasteiger partial charge on any atom is 0.326 e. The van der Waals surface area contributed by atoms with E-state index in [1.165, 1.54) is 6.92 Å². The normalized spacial score (nSPS) is 14.6. The summed E-state index contributed by atoms with van der Waals surface area (Å²) < 4.78 is 0. The van der Waals surface area contributed by atoms with Crippen molar-refractivity contribution < 1.29 is 44.1 Å². The molecule has 0 heterocycles. The molecule has 0 unspecified atom stereocenters. The molecule has 0 saturated carbocycles. The fourth-order valence-corrected chi connectivity index (χ4v) is 2.71. The van der Waals surface area contributed by atoms with Crippen LogP contribution in [0, 0.1) is 0 Å². The van der Waals surface area contributed by atoms with E-state index in [1.807, 2.05) is 0 Å². The summed E-state index contributed by atoms with van der Waals surface area (Å²) in [5.74, 6) is -6.49. The van der Waals surface area contributed by atoms with Crippen LogP contribution in [0.2, 0.25) is 0 Å². The number of primary amides is 1. The topological polar surface area (TPSA) is 328 Å². The Morgan fingerprint density at radius 1 is 0.919 bits per heavy atom. The van der Waals surface area contributed by atoms with Crippen molar-refractivity contribution in [3.05, 3.63) is 0 Å². The Kier molecular flexibility index (Phi) is 14.8. The van der Waals surface area contributed by atoms with Crippen LogP contribution in [0.5, 0.6) is 0 Å². The van der Waals surface area contributed by atoms with Gasteiger partial charge in [-0.25, -0.2) is 4.79 Å². The van der Waals surface area contributed by atoms with Crippen molar-refractivity contribution in [2.75, 3.05) is 19.7 Å². The summed E-state index contributed by atoms with van der Waals surface area (Å²) in [6.45, 7) is -0.195. The van der Waals surface area contributed by atoms with Crippen molar-refractivity contribution in [3.8, 4) is 0 Å². The SMILES string of the molecule is C[C@@H](O)[C@H](NC(=O)[C@@H](N)CO)C(=O)NCC(=O)N[C@@H](CC(N)=O)C(=O)N[C@@H](CCCN=C(N)N)C(=O)O. The number of aliphatic carboxylic acids is 1. The number of carboxylic acids is 1. The Morgan fingerprint density at radius 3 is 2.03 bits per heavy atom. The fourth-order valence-electron chi connectivity index (χ4n) is 2.71. The van der Waals surface area contributed by atoms with Gasteiger partial charge in [0.1, 0.15) is 24.2 Å². The number of guanidine groups is 1. The minimum atomic E-state index is -1.57. The molecular formula is C19H35N9O9. The van der Waals surface area contributed by atoms with Gasteiger partial charge in [0.2, 0.25) is 29.5 Å². The monoisotopic (exact) mass is 533 g/mol. The lowest BCUT2D eigenvalue weighted by molar-refractivity contribution is -0.142. The van der Waals surface area contributed by atoms with Crippen molar-refractivity contribution >= 4 is 41.5 Å². The minimum Gasteiger partial charge on any atom is -0.480 e. The Morgan fingerprint density at radius 2 is 1.54 bits per heavy atom. The second-order valence-corrected chi connectivity index (χ2v) is 7.87. The molecule has 5 amide bonds. The molecule has 0 fully saturated rings. The summed E-state index contributed by atoms with van der Waals surface area (Å²) in [5, 5.41) is 36.6. The Labute approximate surface area is 211 Å². The summed E-state index contributed by atoms with van der Waals surface area (Å²) in [4.78, 5) is 75.5. The number of aliphatic hydroxyl groups is 2. The standard InChI is InChI=1S/C19H35N9O9/c1-8(30)14(28-15(33)9(20)7-29)17(35)25-6-13(32)26-11(5-12(21)31)16(34)27-10(18(36)37)3-2-4-24-19(22)23/h8-11,14,29-30H,2-7,20H2,1H3,(H2,21,31)(H,25,35)(H,26,32)(H,27,34)(H,28,33)(H,36,37)(H4,22,23,24)/t8-,9+,10+,11+,14+/m1/s1. The number of nitrogens with zero attached hydrogens (tertiary/aromatic N) is 1. The molecule has 0 saturated heterocycles. The van der Waals surface area contributed by atoms with Gasteiger partial charge in [-0.1, -0.05) is 0 Å². The van der Waals surface area contributed by atoms with Crippen LogP contribution in [-0.4, -0.2) is 107 Å². The third-order valence-electron chi connectivity index (χ3n) is 4.64. The zero-order chi connectivity index (χ0) is 28.7. The first kappa shape index (κ1) is 33.0. The van der Waals surface area contributed by atoms with E-state index in [2.05, 4.69) is 26.3 Å². The van der Waals surface area contributed by atoms with Crippen molar-refractivity contribution in [1.82, 2.24) is 21.3 Å². The predicted octanol–water partition coefficient (Wildman–Crippen LogP) is -6.73. The van der Waals surface area contributed by atoms with Crippen molar-refractivity contribution in [1.29, 1.82) is 0 Å². The van der Waals surface area contributed by atoms with Gasteiger partial charge < -0.3 is 59.5 Å². The number of nitrogens with one attached hydrogen (secondary N) is 4. The van der Waals surface area contributed by atoms with E-state index in [1.54, 1.807) is 0 Å². The highest BCUT2D eigenvalue weighted by Crippen LogP contribution is 2.01. The number of carbonyl (C=O) groups excluding carboxylic acids is 5. The van der Waals surface area contributed by atoms with Gasteiger partial charge in [0.25, 0.3) is 0 Å². The van der Waals surface area contributed by atoms with Gasteiger partial charge in [-0.2, -0.15) is 0 Å². The van der Waals surface area contributed by atoms with Crippen LogP contribution in [0.25, 0.3) is 0 Å². The zero-order valence-corrected chi connectivity index (χ0v) is 20.2. The lowest BCUT2D eigenvalue weighted by atomic mass is 10.1. The molecule has 37 heavy (non-hydrogen) atoms. The van der Waals surface area contributed by atoms with E-state index in [4.69, 9.17) is 28.0 Å².